The number of ether oxygens (including phenoxy) is 1. The summed E-state index contributed by atoms with van der Waals surface area (Å²) in [5.74, 6) is 2.39. The Morgan fingerprint density at radius 1 is 1.07 bits per heavy atom. The van der Waals surface area contributed by atoms with Gasteiger partial charge in [0.15, 0.2) is 11.5 Å². The first-order chi connectivity index (χ1) is 19.5. The van der Waals surface area contributed by atoms with Gasteiger partial charge in [-0.1, -0.05) is 45.0 Å². The van der Waals surface area contributed by atoms with Crippen LogP contribution < -0.4 is 15.4 Å². The van der Waals surface area contributed by atoms with Crippen LogP contribution in [0, 0.1) is 0 Å². The maximum atomic E-state index is 13.1. The highest BCUT2D eigenvalue weighted by molar-refractivity contribution is 5.88. The van der Waals surface area contributed by atoms with Gasteiger partial charge in [0.2, 0.25) is 0 Å². The standard InChI is InChI=1S/C31H40N8O2/c1-30(2,3)25-18-27(38(6)36-25)33-29(40)32-23-13-14-24(22-11-8-7-10-21(22)23)41-20-12-15-26-34-35-28(39(26)19-20)31(4)16-9-17-37(31)5/h7-8,10-12,15,18-19,23-24H,9,13-14,16-17H2,1-6H3,(H2,32,33,40)/t23-,24+,31-/m0/s1. The van der Waals surface area contributed by atoms with Crippen molar-refractivity contribution < 1.29 is 9.53 Å². The lowest BCUT2D eigenvalue weighted by Crippen LogP contribution is -2.37. The van der Waals surface area contributed by atoms with E-state index in [1.54, 1.807) is 4.68 Å². The van der Waals surface area contributed by atoms with Gasteiger partial charge in [0.05, 0.1) is 23.5 Å². The molecule has 3 atom stereocenters. The monoisotopic (exact) mass is 556 g/mol. The van der Waals surface area contributed by atoms with Crippen LogP contribution in [-0.4, -0.2) is 48.9 Å². The number of fused-ring (bicyclic) bond motifs is 2. The van der Waals surface area contributed by atoms with E-state index in [1.165, 1.54) is 0 Å². The van der Waals surface area contributed by atoms with E-state index >= 15 is 0 Å². The van der Waals surface area contributed by atoms with Crippen molar-refractivity contribution in [1.82, 2.24) is 34.6 Å². The molecule has 4 heterocycles. The summed E-state index contributed by atoms with van der Waals surface area (Å²) in [4.78, 5) is 15.4. The number of benzene rings is 1. The van der Waals surface area contributed by atoms with Crippen molar-refractivity contribution in [3.63, 3.8) is 0 Å². The van der Waals surface area contributed by atoms with E-state index in [1.807, 2.05) is 43.6 Å². The third-order valence-electron chi connectivity index (χ3n) is 8.77. The Hall–Kier alpha value is -3.92. The molecular weight excluding hydrogens is 516 g/mol. The molecule has 0 spiro atoms. The summed E-state index contributed by atoms with van der Waals surface area (Å²) >= 11 is 0. The van der Waals surface area contributed by atoms with Crippen molar-refractivity contribution in [3.05, 3.63) is 71.3 Å². The first kappa shape index (κ1) is 27.3. The van der Waals surface area contributed by atoms with Crippen LogP contribution in [0.1, 0.15) is 88.2 Å². The first-order valence-electron chi connectivity index (χ1n) is 14.5. The fourth-order valence-electron chi connectivity index (χ4n) is 6.14. The molecule has 1 fully saturated rings. The number of carbonyl (C=O) groups excluding carboxylic acids is 1. The largest absolute Gasteiger partial charge is 0.484 e. The minimum absolute atomic E-state index is 0.100. The molecule has 2 amide bonds. The first-order valence-corrected chi connectivity index (χ1v) is 14.5. The van der Waals surface area contributed by atoms with E-state index in [9.17, 15) is 4.79 Å². The Balaban J connectivity index is 1.19. The predicted octanol–water partition coefficient (Wildman–Crippen LogP) is 5.48. The molecule has 1 aliphatic carbocycles. The zero-order chi connectivity index (χ0) is 28.9. The number of rotatable bonds is 5. The lowest BCUT2D eigenvalue weighted by atomic mass is 9.85. The van der Waals surface area contributed by atoms with Crippen LogP contribution in [0.4, 0.5) is 10.6 Å². The second-order valence-corrected chi connectivity index (χ2v) is 12.7. The molecule has 1 saturated heterocycles. The highest BCUT2D eigenvalue weighted by Gasteiger charge is 2.40. The topological polar surface area (TPSA) is 102 Å². The van der Waals surface area contributed by atoms with E-state index in [2.05, 4.69) is 82.1 Å². The third kappa shape index (κ3) is 5.05. The SMILES string of the molecule is CN1CCC[C@@]1(C)c1nnc2ccc(O[C@@H]3CC[C@H](NC(=O)Nc4cc(C(C)(C)C)nn4C)c4ccccc43)cn12. The molecule has 0 saturated carbocycles. The lowest BCUT2D eigenvalue weighted by Gasteiger charge is -2.32. The second-order valence-electron chi connectivity index (χ2n) is 12.7. The molecule has 41 heavy (non-hydrogen) atoms. The van der Waals surface area contributed by atoms with Gasteiger partial charge in [-0.05, 0) is 69.5 Å². The maximum Gasteiger partial charge on any atom is 0.320 e. The highest BCUT2D eigenvalue weighted by Crippen LogP contribution is 2.40. The zero-order valence-corrected chi connectivity index (χ0v) is 24.8. The zero-order valence-electron chi connectivity index (χ0n) is 24.8. The van der Waals surface area contributed by atoms with Gasteiger partial charge in [0.1, 0.15) is 17.7 Å². The predicted molar refractivity (Wildman–Crippen MR) is 158 cm³/mol. The molecule has 2 N–H and O–H groups in total. The number of urea groups is 1. The summed E-state index contributed by atoms with van der Waals surface area (Å²) in [5, 5.41) is 19.7. The fraction of sp³-hybridized carbons (Fsp3) is 0.484. The van der Waals surface area contributed by atoms with Crippen LogP contribution in [-0.2, 0) is 18.0 Å². The van der Waals surface area contributed by atoms with Crippen LogP contribution >= 0.6 is 0 Å². The Labute approximate surface area is 241 Å². The van der Waals surface area contributed by atoms with Crippen molar-refractivity contribution in [2.75, 3.05) is 18.9 Å². The Morgan fingerprint density at radius 3 is 2.56 bits per heavy atom. The summed E-state index contributed by atoms with van der Waals surface area (Å²) in [6, 6.07) is 13.7. The molecule has 1 aliphatic heterocycles. The van der Waals surface area contributed by atoms with Crippen molar-refractivity contribution in [3.8, 4) is 5.75 Å². The summed E-state index contributed by atoms with van der Waals surface area (Å²) in [5.41, 5.74) is 3.66. The van der Waals surface area contributed by atoms with Crippen LogP contribution in [0.3, 0.4) is 0 Å². The summed E-state index contributed by atoms with van der Waals surface area (Å²) in [6.45, 7) is 9.60. The van der Waals surface area contributed by atoms with Gasteiger partial charge in [-0.2, -0.15) is 5.10 Å². The number of nitrogens with one attached hydrogen (secondary N) is 2. The maximum absolute atomic E-state index is 13.1. The quantitative estimate of drug-likeness (QED) is 0.338. The van der Waals surface area contributed by atoms with Crippen molar-refractivity contribution in [2.45, 2.75) is 76.5 Å². The Morgan fingerprint density at radius 2 is 1.85 bits per heavy atom. The van der Waals surface area contributed by atoms with E-state index in [0.29, 0.717) is 5.82 Å². The number of pyridine rings is 1. The number of amides is 2. The second kappa shape index (κ2) is 10.2. The third-order valence-corrected chi connectivity index (χ3v) is 8.77. The van der Waals surface area contributed by atoms with Gasteiger partial charge in [-0.15, -0.1) is 10.2 Å². The number of likely N-dealkylation sites (tertiary alicyclic amines) is 1. The van der Waals surface area contributed by atoms with E-state index in [0.717, 1.165) is 66.3 Å². The van der Waals surface area contributed by atoms with Gasteiger partial charge in [-0.25, -0.2) is 4.79 Å². The number of carbonyl (C=O) groups is 1. The van der Waals surface area contributed by atoms with Crippen molar-refractivity contribution >= 4 is 17.5 Å². The number of aryl methyl sites for hydroxylation is 1. The molecule has 4 aromatic rings. The van der Waals surface area contributed by atoms with E-state index in [-0.39, 0.29) is 29.1 Å². The van der Waals surface area contributed by atoms with E-state index in [4.69, 9.17) is 4.74 Å². The van der Waals surface area contributed by atoms with Crippen LogP contribution in [0.25, 0.3) is 5.65 Å². The minimum atomic E-state index is -0.247. The summed E-state index contributed by atoms with van der Waals surface area (Å²) < 4.78 is 10.4. The summed E-state index contributed by atoms with van der Waals surface area (Å²) in [6.07, 6.45) is 5.62. The molecule has 3 aromatic heterocycles. The van der Waals surface area contributed by atoms with Crippen molar-refractivity contribution in [1.29, 1.82) is 0 Å². The number of hydrogen-bond donors (Lipinski definition) is 2. The van der Waals surface area contributed by atoms with Crippen LogP contribution in [0.5, 0.6) is 5.75 Å². The van der Waals surface area contributed by atoms with Gasteiger partial charge >= 0.3 is 6.03 Å². The molecule has 10 nitrogen and oxygen atoms in total. The average Bonchev–Trinajstić information content (AvgIpc) is 3.62. The van der Waals surface area contributed by atoms with Gasteiger partial charge in [-0.3, -0.25) is 19.3 Å². The van der Waals surface area contributed by atoms with E-state index < -0.39 is 0 Å². The number of nitrogens with zero attached hydrogens (tertiary/aromatic N) is 6. The van der Waals surface area contributed by atoms with Gasteiger partial charge in [0, 0.05) is 18.5 Å². The molecule has 0 unspecified atom stereocenters. The Kier molecular flexibility index (Phi) is 6.76. The van der Waals surface area contributed by atoms with Crippen LogP contribution in [0.15, 0.2) is 48.7 Å². The number of aromatic nitrogens is 5. The number of anilines is 1. The number of hydrogen-bond acceptors (Lipinski definition) is 6. The van der Waals surface area contributed by atoms with Gasteiger partial charge < -0.3 is 10.1 Å². The molecular formula is C31H40N8O2. The molecule has 6 rings (SSSR count). The highest BCUT2D eigenvalue weighted by atomic mass is 16.5. The minimum Gasteiger partial charge on any atom is -0.484 e. The molecule has 1 aromatic carbocycles. The summed E-state index contributed by atoms with van der Waals surface area (Å²) in [7, 11) is 3.99. The van der Waals surface area contributed by atoms with Crippen molar-refractivity contribution in [2.24, 2.45) is 7.05 Å². The molecule has 10 heteroatoms. The molecule has 0 bridgehead atoms. The molecule has 0 radical (unpaired) electrons. The Bertz CT molecular complexity index is 1580. The van der Waals surface area contributed by atoms with Crippen LogP contribution in [0.2, 0.25) is 0 Å². The normalized spacial score (nSPS) is 23.0. The van der Waals surface area contributed by atoms with Gasteiger partial charge in [0.25, 0.3) is 0 Å². The average molecular weight is 557 g/mol. The molecule has 2 aliphatic rings. The molecule has 216 valence electrons. The smallest absolute Gasteiger partial charge is 0.320 e. The fourth-order valence-corrected chi connectivity index (χ4v) is 6.14. The lowest BCUT2D eigenvalue weighted by molar-refractivity contribution is 0.170.